The molecule has 8 nitrogen and oxygen atoms in total. The molecule has 0 aliphatic rings. The van der Waals surface area contributed by atoms with Gasteiger partial charge in [-0.25, -0.2) is 9.59 Å². The molecule has 2 atom stereocenters. The van der Waals surface area contributed by atoms with Gasteiger partial charge < -0.3 is 19.3 Å². The first-order valence-corrected chi connectivity index (χ1v) is 16.4. The van der Waals surface area contributed by atoms with Gasteiger partial charge in [0.05, 0.1) is 23.0 Å². The molecule has 0 saturated carbocycles. The number of carbonyl (C=O) groups is 4. The van der Waals surface area contributed by atoms with E-state index < -0.39 is 40.8 Å². The Bertz CT molecular complexity index is 1140. The monoisotopic (exact) mass is 636 g/mol. The Labute approximate surface area is 269 Å². The van der Waals surface area contributed by atoms with Gasteiger partial charge in [0, 0.05) is 10.5 Å². The van der Waals surface area contributed by atoms with Crippen molar-refractivity contribution in [1.29, 1.82) is 0 Å². The summed E-state index contributed by atoms with van der Waals surface area (Å²) in [5.74, 6) is -2.55. The SMILES string of the molecule is CCC(C)(C)CC(C)(C)SCCC(=O)OCC(COC(=O)C(C)(CC(C)(C)C)C(C)(C)C)OC(=O)c1ccccc1C(=O)O. The molecule has 0 aromatic heterocycles. The van der Waals surface area contributed by atoms with E-state index in [1.54, 1.807) is 11.8 Å². The maximum Gasteiger partial charge on any atom is 0.339 e. The second-order valence-electron chi connectivity index (χ2n) is 15.5. The van der Waals surface area contributed by atoms with Crippen LogP contribution in [0.5, 0.6) is 0 Å². The van der Waals surface area contributed by atoms with Crippen molar-refractivity contribution in [1.82, 2.24) is 0 Å². The number of thioether (sulfide) groups is 1. The number of carbonyl (C=O) groups excluding carboxylic acids is 3. The maximum absolute atomic E-state index is 13.5. The van der Waals surface area contributed by atoms with E-state index in [4.69, 9.17) is 14.2 Å². The van der Waals surface area contributed by atoms with Crippen molar-refractivity contribution in [3.63, 3.8) is 0 Å². The number of carboxylic acids is 1. The van der Waals surface area contributed by atoms with Crippen molar-refractivity contribution >= 4 is 35.6 Å². The van der Waals surface area contributed by atoms with E-state index in [1.807, 2.05) is 27.7 Å². The fraction of sp³-hybridized carbons (Fsp3) is 0.714. The van der Waals surface area contributed by atoms with Crippen molar-refractivity contribution in [3.8, 4) is 0 Å². The summed E-state index contributed by atoms with van der Waals surface area (Å²) in [5.41, 5.74) is -1.63. The van der Waals surface area contributed by atoms with Gasteiger partial charge in [0.25, 0.3) is 0 Å². The van der Waals surface area contributed by atoms with E-state index in [1.165, 1.54) is 24.3 Å². The van der Waals surface area contributed by atoms with Crippen LogP contribution in [0.25, 0.3) is 0 Å². The van der Waals surface area contributed by atoms with Crippen molar-refractivity contribution in [2.24, 2.45) is 21.7 Å². The molecule has 0 fully saturated rings. The van der Waals surface area contributed by atoms with Gasteiger partial charge in [-0.1, -0.05) is 94.7 Å². The molecule has 0 aliphatic heterocycles. The summed E-state index contributed by atoms with van der Waals surface area (Å²) < 4.78 is 16.8. The lowest BCUT2D eigenvalue weighted by Gasteiger charge is -2.43. The average Bonchev–Trinajstić information content (AvgIpc) is 2.87. The molecule has 0 spiro atoms. The third-order valence-corrected chi connectivity index (χ3v) is 9.47. The lowest BCUT2D eigenvalue weighted by molar-refractivity contribution is -0.169. The Morgan fingerprint density at radius 3 is 1.86 bits per heavy atom. The third-order valence-electron chi connectivity index (χ3n) is 8.13. The van der Waals surface area contributed by atoms with Gasteiger partial charge in [0.1, 0.15) is 13.2 Å². The van der Waals surface area contributed by atoms with Crippen LogP contribution in [-0.2, 0) is 23.8 Å². The predicted molar refractivity (Wildman–Crippen MR) is 176 cm³/mol. The summed E-state index contributed by atoms with van der Waals surface area (Å²) in [5, 5.41) is 9.53. The van der Waals surface area contributed by atoms with E-state index in [9.17, 15) is 24.3 Å². The topological polar surface area (TPSA) is 116 Å². The Kier molecular flexibility index (Phi) is 14.0. The fourth-order valence-corrected chi connectivity index (χ4v) is 6.52. The summed E-state index contributed by atoms with van der Waals surface area (Å²) in [6, 6.07) is 5.68. The Morgan fingerprint density at radius 1 is 0.818 bits per heavy atom. The van der Waals surface area contributed by atoms with Crippen molar-refractivity contribution in [2.45, 2.75) is 120 Å². The van der Waals surface area contributed by atoms with Crippen LogP contribution in [0, 0.1) is 21.7 Å². The predicted octanol–water partition coefficient (Wildman–Crippen LogP) is 8.21. The molecule has 1 aromatic carbocycles. The molecule has 250 valence electrons. The molecule has 0 aliphatic carbocycles. The Morgan fingerprint density at radius 2 is 1.36 bits per heavy atom. The highest BCUT2D eigenvalue weighted by atomic mass is 32.2. The van der Waals surface area contributed by atoms with Crippen LogP contribution in [0.1, 0.15) is 129 Å². The molecule has 0 bridgehead atoms. The number of rotatable bonds is 16. The number of benzene rings is 1. The summed E-state index contributed by atoms with van der Waals surface area (Å²) in [6.07, 6.45) is 1.64. The van der Waals surface area contributed by atoms with Crippen molar-refractivity contribution in [3.05, 3.63) is 35.4 Å². The summed E-state index contributed by atoms with van der Waals surface area (Å²) in [4.78, 5) is 51.0. The molecule has 1 aromatic rings. The van der Waals surface area contributed by atoms with Gasteiger partial charge in [0.2, 0.25) is 0 Å². The molecular weight excluding hydrogens is 580 g/mol. The van der Waals surface area contributed by atoms with Crippen LogP contribution in [0.4, 0.5) is 0 Å². The largest absolute Gasteiger partial charge is 0.478 e. The molecular formula is C35H56O8S. The maximum atomic E-state index is 13.5. The zero-order chi connectivity index (χ0) is 34.1. The van der Waals surface area contributed by atoms with Crippen LogP contribution < -0.4 is 0 Å². The number of aromatic carboxylic acids is 1. The average molecular weight is 637 g/mol. The van der Waals surface area contributed by atoms with Gasteiger partial charge in [-0.2, -0.15) is 11.8 Å². The van der Waals surface area contributed by atoms with Gasteiger partial charge in [-0.05, 0) is 48.1 Å². The van der Waals surface area contributed by atoms with E-state index in [0.717, 1.165) is 12.8 Å². The number of carboxylic acid groups (broad SMARTS) is 1. The summed E-state index contributed by atoms with van der Waals surface area (Å²) >= 11 is 1.71. The molecule has 0 saturated heterocycles. The number of ether oxygens (including phenoxy) is 3. The molecule has 44 heavy (non-hydrogen) atoms. The number of hydrogen-bond acceptors (Lipinski definition) is 8. The normalized spacial score (nSPS) is 14.7. The molecule has 9 heteroatoms. The van der Waals surface area contributed by atoms with Crippen LogP contribution in [0.3, 0.4) is 0 Å². The third kappa shape index (κ3) is 12.8. The second kappa shape index (κ2) is 15.6. The zero-order valence-corrected chi connectivity index (χ0v) is 29.9. The molecule has 0 radical (unpaired) electrons. The summed E-state index contributed by atoms with van der Waals surface area (Å²) in [6.45, 7) is 24.3. The zero-order valence-electron chi connectivity index (χ0n) is 29.0. The fourth-order valence-electron chi connectivity index (χ4n) is 5.21. The highest BCUT2D eigenvalue weighted by Crippen LogP contribution is 2.47. The smallest absolute Gasteiger partial charge is 0.339 e. The summed E-state index contributed by atoms with van der Waals surface area (Å²) in [7, 11) is 0. The molecule has 0 amide bonds. The minimum atomic E-state index is -1.28. The standard InChI is InChI=1S/C35H56O8S/c1-13-33(8,9)23-34(10,11)44-19-18-27(36)41-20-24(43-29(39)26-17-15-14-16-25(26)28(37)38)21-42-30(40)35(12,32(5,6)7)22-31(2,3)4/h14-17,24H,13,18-23H2,1-12H3,(H,37,38). The second-order valence-corrected chi connectivity index (χ2v) is 17.3. The van der Waals surface area contributed by atoms with E-state index in [0.29, 0.717) is 12.2 Å². The lowest BCUT2D eigenvalue weighted by Crippen LogP contribution is -2.45. The molecule has 0 heterocycles. The minimum absolute atomic E-state index is 0.0175. The van der Waals surface area contributed by atoms with Crippen LogP contribution >= 0.6 is 11.8 Å². The van der Waals surface area contributed by atoms with Crippen molar-refractivity contribution in [2.75, 3.05) is 19.0 Å². The Hall–Kier alpha value is -2.55. The van der Waals surface area contributed by atoms with Crippen LogP contribution in [0.15, 0.2) is 24.3 Å². The van der Waals surface area contributed by atoms with Gasteiger partial charge in [0.15, 0.2) is 6.10 Å². The minimum Gasteiger partial charge on any atom is -0.478 e. The van der Waals surface area contributed by atoms with Crippen molar-refractivity contribution < 1.29 is 38.5 Å². The number of esters is 3. The lowest BCUT2D eigenvalue weighted by atomic mass is 9.61. The molecule has 1 rings (SSSR count). The quantitative estimate of drug-likeness (QED) is 0.141. The first-order chi connectivity index (χ1) is 19.9. The molecule has 2 unspecified atom stereocenters. The highest BCUT2D eigenvalue weighted by Gasteiger charge is 2.48. The highest BCUT2D eigenvalue weighted by molar-refractivity contribution is 8.00. The first-order valence-electron chi connectivity index (χ1n) is 15.4. The van der Waals surface area contributed by atoms with Gasteiger partial charge in [-0.15, -0.1) is 0 Å². The van der Waals surface area contributed by atoms with E-state index >= 15 is 0 Å². The molecule has 1 N–H and O–H groups in total. The van der Waals surface area contributed by atoms with E-state index in [2.05, 4.69) is 55.4 Å². The first kappa shape index (κ1) is 39.5. The Balaban J connectivity index is 3.05. The van der Waals surface area contributed by atoms with Crippen LogP contribution in [-0.4, -0.2) is 58.8 Å². The number of hydrogen-bond donors (Lipinski definition) is 1. The van der Waals surface area contributed by atoms with Crippen LogP contribution in [0.2, 0.25) is 0 Å². The van der Waals surface area contributed by atoms with Gasteiger partial charge in [-0.3, -0.25) is 9.59 Å². The van der Waals surface area contributed by atoms with E-state index in [-0.39, 0.29) is 46.3 Å². The van der Waals surface area contributed by atoms with Gasteiger partial charge >= 0.3 is 23.9 Å².